The fourth-order valence-corrected chi connectivity index (χ4v) is 3.28. The van der Waals surface area contributed by atoms with Gasteiger partial charge in [-0.05, 0) is 34.0 Å². The van der Waals surface area contributed by atoms with Crippen LogP contribution in [0.5, 0.6) is 5.75 Å². The highest BCUT2D eigenvalue weighted by Gasteiger charge is 2.28. The summed E-state index contributed by atoms with van der Waals surface area (Å²) >= 11 is 3.22. The minimum absolute atomic E-state index is 0.0514. The third kappa shape index (κ3) is 3.94. The number of methoxy groups -OCH3 is 1. The lowest BCUT2D eigenvalue weighted by Crippen LogP contribution is -2.44. The zero-order valence-corrected chi connectivity index (χ0v) is 13.7. The second-order valence-electron chi connectivity index (χ2n) is 4.48. The SMILES string of the molecule is COc1cc(S(=O)(=O)N[C@H](C(=O)O)C(C)C)ccc1Br. The van der Waals surface area contributed by atoms with Gasteiger partial charge in [0.25, 0.3) is 0 Å². The molecule has 0 aromatic heterocycles. The Hall–Kier alpha value is -1.12. The van der Waals surface area contributed by atoms with Crippen molar-refractivity contribution in [3.8, 4) is 5.75 Å². The highest BCUT2D eigenvalue weighted by molar-refractivity contribution is 9.10. The van der Waals surface area contributed by atoms with E-state index in [0.717, 1.165) is 0 Å². The molecule has 1 aromatic carbocycles. The minimum atomic E-state index is -3.93. The smallest absolute Gasteiger partial charge is 0.322 e. The van der Waals surface area contributed by atoms with Crippen LogP contribution in [0.25, 0.3) is 0 Å². The quantitative estimate of drug-likeness (QED) is 0.802. The molecule has 1 aromatic rings. The Morgan fingerprint density at radius 1 is 1.40 bits per heavy atom. The monoisotopic (exact) mass is 365 g/mol. The highest BCUT2D eigenvalue weighted by atomic mass is 79.9. The van der Waals surface area contributed by atoms with E-state index in [1.54, 1.807) is 13.8 Å². The predicted octanol–water partition coefficient (Wildman–Crippen LogP) is 1.85. The molecule has 0 aliphatic heterocycles. The largest absolute Gasteiger partial charge is 0.496 e. The van der Waals surface area contributed by atoms with Crippen LogP contribution in [0.1, 0.15) is 13.8 Å². The van der Waals surface area contributed by atoms with Gasteiger partial charge >= 0.3 is 5.97 Å². The normalized spacial score (nSPS) is 13.2. The van der Waals surface area contributed by atoms with Crippen molar-refractivity contribution in [1.29, 1.82) is 0 Å². The number of benzene rings is 1. The van der Waals surface area contributed by atoms with Gasteiger partial charge in [0.1, 0.15) is 11.8 Å². The Balaban J connectivity index is 3.14. The summed E-state index contributed by atoms with van der Waals surface area (Å²) in [7, 11) is -2.52. The average Bonchev–Trinajstić information content (AvgIpc) is 2.35. The summed E-state index contributed by atoms with van der Waals surface area (Å²) in [5, 5.41) is 9.04. The van der Waals surface area contributed by atoms with Gasteiger partial charge in [-0.2, -0.15) is 4.72 Å². The van der Waals surface area contributed by atoms with Gasteiger partial charge in [0.2, 0.25) is 10.0 Å². The molecule has 0 aliphatic carbocycles. The van der Waals surface area contributed by atoms with Crippen molar-refractivity contribution in [1.82, 2.24) is 4.72 Å². The Bertz CT molecular complexity index is 600. The number of halogens is 1. The van der Waals surface area contributed by atoms with Gasteiger partial charge in [-0.1, -0.05) is 13.8 Å². The van der Waals surface area contributed by atoms with E-state index in [9.17, 15) is 13.2 Å². The van der Waals surface area contributed by atoms with Crippen molar-refractivity contribution in [2.45, 2.75) is 24.8 Å². The molecular formula is C12H16BrNO5S. The van der Waals surface area contributed by atoms with Crippen molar-refractivity contribution in [3.63, 3.8) is 0 Å². The summed E-state index contributed by atoms with van der Waals surface area (Å²) in [6, 6.07) is 3.04. The van der Waals surface area contributed by atoms with E-state index in [-0.39, 0.29) is 10.8 Å². The molecular weight excluding hydrogens is 350 g/mol. The average molecular weight is 366 g/mol. The summed E-state index contributed by atoms with van der Waals surface area (Å²) in [6.07, 6.45) is 0. The maximum Gasteiger partial charge on any atom is 0.322 e. The Morgan fingerprint density at radius 3 is 2.45 bits per heavy atom. The van der Waals surface area contributed by atoms with Gasteiger partial charge in [0, 0.05) is 6.07 Å². The Morgan fingerprint density at radius 2 is 2.00 bits per heavy atom. The van der Waals surface area contributed by atoms with Gasteiger partial charge < -0.3 is 9.84 Å². The summed E-state index contributed by atoms with van der Waals surface area (Å²) in [5.74, 6) is -1.24. The van der Waals surface area contributed by atoms with Crippen molar-refractivity contribution in [3.05, 3.63) is 22.7 Å². The first-order chi connectivity index (χ1) is 9.19. The molecule has 0 bridgehead atoms. The lowest BCUT2D eigenvalue weighted by atomic mass is 10.1. The molecule has 0 spiro atoms. The fraction of sp³-hybridized carbons (Fsp3) is 0.417. The van der Waals surface area contributed by atoms with Gasteiger partial charge in [0.15, 0.2) is 0 Å². The van der Waals surface area contributed by atoms with Crippen LogP contribution in [-0.4, -0.2) is 32.6 Å². The zero-order valence-electron chi connectivity index (χ0n) is 11.3. The van der Waals surface area contributed by atoms with Gasteiger partial charge in [-0.3, -0.25) is 4.79 Å². The Labute approximate surface area is 126 Å². The van der Waals surface area contributed by atoms with Crippen LogP contribution in [-0.2, 0) is 14.8 Å². The second kappa shape index (κ2) is 6.55. The number of hydrogen-bond acceptors (Lipinski definition) is 4. The molecule has 0 aliphatic rings. The van der Waals surface area contributed by atoms with Crippen LogP contribution in [0, 0.1) is 5.92 Å². The van der Waals surface area contributed by atoms with Gasteiger partial charge in [-0.15, -0.1) is 0 Å². The molecule has 2 N–H and O–H groups in total. The van der Waals surface area contributed by atoms with E-state index in [1.165, 1.54) is 25.3 Å². The topological polar surface area (TPSA) is 92.7 Å². The van der Waals surface area contributed by atoms with Gasteiger partial charge in [0.05, 0.1) is 16.5 Å². The van der Waals surface area contributed by atoms with Crippen LogP contribution in [0.2, 0.25) is 0 Å². The molecule has 0 radical (unpaired) electrons. The summed E-state index contributed by atoms with van der Waals surface area (Å²) in [6.45, 7) is 3.26. The maximum absolute atomic E-state index is 12.2. The molecule has 0 heterocycles. The number of rotatable bonds is 6. The van der Waals surface area contributed by atoms with E-state index < -0.39 is 22.0 Å². The van der Waals surface area contributed by atoms with Gasteiger partial charge in [-0.25, -0.2) is 8.42 Å². The van der Waals surface area contributed by atoms with Crippen molar-refractivity contribution < 1.29 is 23.1 Å². The fourth-order valence-electron chi connectivity index (χ4n) is 1.51. The zero-order chi connectivity index (χ0) is 15.5. The molecule has 1 rings (SSSR count). The summed E-state index contributed by atoms with van der Waals surface area (Å²) < 4.78 is 32.2. The summed E-state index contributed by atoms with van der Waals surface area (Å²) in [4.78, 5) is 11.0. The number of carboxylic acids is 1. The number of sulfonamides is 1. The number of hydrogen-bond donors (Lipinski definition) is 2. The van der Waals surface area contributed by atoms with E-state index in [0.29, 0.717) is 10.2 Å². The molecule has 6 nitrogen and oxygen atoms in total. The van der Waals surface area contributed by atoms with Crippen LogP contribution >= 0.6 is 15.9 Å². The third-order valence-corrected chi connectivity index (χ3v) is 4.74. The first-order valence-electron chi connectivity index (χ1n) is 5.77. The van der Waals surface area contributed by atoms with Crippen LogP contribution in [0.15, 0.2) is 27.6 Å². The molecule has 0 saturated heterocycles. The number of ether oxygens (including phenoxy) is 1. The van der Waals surface area contributed by atoms with E-state index >= 15 is 0 Å². The first-order valence-corrected chi connectivity index (χ1v) is 8.05. The van der Waals surface area contributed by atoms with Crippen molar-refractivity contribution in [2.24, 2.45) is 5.92 Å². The predicted molar refractivity (Wildman–Crippen MR) is 77.3 cm³/mol. The minimum Gasteiger partial charge on any atom is -0.496 e. The maximum atomic E-state index is 12.2. The second-order valence-corrected chi connectivity index (χ2v) is 7.05. The van der Waals surface area contributed by atoms with E-state index in [2.05, 4.69) is 20.7 Å². The van der Waals surface area contributed by atoms with Crippen molar-refractivity contribution >= 4 is 31.9 Å². The number of carboxylic acid groups (broad SMARTS) is 1. The molecule has 0 unspecified atom stereocenters. The molecule has 0 amide bonds. The third-order valence-electron chi connectivity index (χ3n) is 2.65. The number of carbonyl (C=O) groups is 1. The molecule has 112 valence electrons. The van der Waals surface area contributed by atoms with Crippen LogP contribution < -0.4 is 9.46 Å². The van der Waals surface area contributed by atoms with E-state index in [1.807, 2.05) is 0 Å². The molecule has 0 saturated carbocycles. The van der Waals surface area contributed by atoms with Crippen LogP contribution in [0.4, 0.5) is 0 Å². The highest BCUT2D eigenvalue weighted by Crippen LogP contribution is 2.27. The van der Waals surface area contributed by atoms with Crippen LogP contribution in [0.3, 0.4) is 0 Å². The van der Waals surface area contributed by atoms with E-state index in [4.69, 9.17) is 9.84 Å². The van der Waals surface area contributed by atoms with Crippen molar-refractivity contribution in [2.75, 3.05) is 7.11 Å². The first kappa shape index (κ1) is 16.9. The number of nitrogens with one attached hydrogen (secondary N) is 1. The molecule has 1 atom stereocenters. The standard InChI is InChI=1S/C12H16BrNO5S/c1-7(2)11(12(15)16)14-20(17,18)8-4-5-9(13)10(6-8)19-3/h4-7,11,14H,1-3H3,(H,15,16)/t11-/m0/s1. The molecule has 0 fully saturated rings. The number of aliphatic carboxylic acids is 1. The lowest BCUT2D eigenvalue weighted by molar-refractivity contribution is -0.140. The molecule has 20 heavy (non-hydrogen) atoms. The lowest BCUT2D eigenvalue weighted by Gasteiger charge is -2.18. The molecule has 8 heteroatoms. The summed E-state index contributed by atoms with van der Waals surface area (Å²) in [5.41, 5.74) is 0. The Kier molecular flexibility index (Phi) is 5.55.